The van der Waals surface area contributed by atoms with Crippen LogP contribution in [0.4, 0.5) is 4.79 Å². The number of hydrogen-bond donors (Lipinski definition) is 3. The molecule has 28 heavy (non-hydrogen) atoms. The van der Waals surface area contributed by atoms with E-state index < -0.39 is 18.1 Å². The predicted octanol–water partition coefficient (Wildman–Crippen LogP) is 3.06. The first-order chi connectivity index (χ1) is 13.6. The van der Waals surface area contributed by atoms with Crippen LogP contribution in [0.25, 0.3) is 11.1 Å². The molecule has 1 aliphatic rings. The van der Waals surface area contributed by atoms with Crippen molar-refractivity contribution >= 4 is 23.8 Å². The fourth-order valence-corrected chi connectivity index (χ4v) is 4.18. The van der Waals surface area contributed by atoms with E-state index in [0.717, 1.165) is 0 Å². The highest BCUT2D eigenvalue weighted by Crippen LogP contribution is 2.44. The van der Waals surface area contributed by atoms with Crippen molar-refractivity contribution < 1.29 is 19.4 Å². The highest BCUT2D eigenvalue weighted by Gasteiger charge is 2.28. The van der Waals surface area contributed by atoms with Crippen LogP contribution in [0.5, 0.6) is 0 Å². The summed E-state index contributed by atoms with van der Waals surface area (Å²) in [5.74, 6) is 0.374. The summed E-state index contributed by atoms with van der Waals surface area (Å²) in [5.41, 5.74) is 10.2. The zero-order valence-electron chi connectivity index (χ0n) is 15.5. The summed E-state index contributed by atoms with van der Waals surface area (Å²) in [5, 5.41) is 11.5. The highest BCUT2D eigenvalue weighted by molar-refractivity contribution is 7.99. The lowest BCUT2D eigenvalue weighted by Crippen LogP contribution is -2.31. The first kappa shape index (κ1) is 20.2. The number of amides is 1. The van der Waals surface area contributed by atoms with E-state index in [1.165, 1.54) is 22.3 Å². The topological polar surface area (TPSA) is 102 Å². The van der Waals surface area contributed by atoms with Crippen LogP contribution < -0.4 is 11.1 Å². The number of thioether (sulfide) groups is 1. The summed E-state index contributed by atoms with van der Waals surface area (Å²) in [6, 6.07) is 15.6. The number of carbonyl (C=O) groups excluding carboxylic acids is 1. The number of carboxylic acids is 1. The number of rotatable bonds is 9. The van der Waals surface area contributed by atoms with Gasteiger partial charge in [0.1, 0.15) is 12.6 Å². The average Bonchev–Trinajstić information content (AvgIpc) is 3.02. The normalized spacial score (nSPS) is 13.5. The Bertz CT molecular complexity index is 797. The maximum atomic E-state index is 12.0. The van der Waals surface area contributed by atoms with Crippen molar-refractivity contribution in [2.24, 2.45) is 5.73 Å². The molecule has 0 bridgehead atoms. The molecule has 0 saturated heterocycles. The second kappa shape index (κ2) is 9.61. The molecule has 7 heteroatoms. The standard InChI is InChI=1S/C21H24N2O4S/c22-19(20(24)25)9-11-28-12-10-23-21(26)27-13-18-16-7-3-1-5-14(16)15-6-2-4-8-17(15)18/h1-8,18-19H,9-13,22H2,(H,23,26)(H,24,25). The number of carboxylic acid groups (broad SMARTS) is 1. The molecule has 1 atom stereocenters. The van der Waals surface area contributed by atoms with Crippen molar-refractivity contribution in [2.75, 3.05) is 24.7 Å². The van der Waals surface area contributed by atoms with Crippen LogP contribution in [0.15, 0.2) is 48.5 Å². The van der Waals surface area contributed by atoms with Gasteiger partial charge in [0.2, 0.25) is 0 Å². The number of benzene rings is 2. The van der Waals surface area contributed by atoms with E-state index in [0.29, 0.717) is 31.1 Å². The van der Waals surface area contributed by atoms with Gasteiger partial charge in [-0.3, -0.25) is 4.79 Å². The number of nitrogens with two attached hydrogens (primary N) is 1. The molecule has 2 aromatic rings. The number of fused-ring (bicyclic) bond motifs is 3. The van der Waals surface area contributed by atoms with Crippen LogP contribution in [0.1, 0.15) is 23.5 Å². The fourth-order valence-electron chi connectivity index (χ4n) is 3.31. The lowest BCUT2D eigenvalue weighted by molar-refractivity contribution is -0.138. The van der Waals surface area contributed by atoms with Crippen molar-refractivity contribution in [3.05, 3.63) is 59.7 Å². The minimum Gasteiger partial charge on any atom is -0.480 e. The monoisotopic (exact) mass is 400 g/mol. The summed E-state index contributed by atoms with van der Waals surface area (Å²) in [6.07, 6.45) is -0.0324. The Morgan fingerprint density at radius 3 is 2.29 bits per heavy atom. The average molecular weight is 401 g/mol. The Labute approximate surface area is 168 Å². The molecule has 3 rings (SSSR count). The molecular weight excluding hydrogens is 376 g/mol. The lowest BCUT2D eigenvalue weighted by atomic mass is 9.98. The van der Waals surface area contributed by atoms with Gasteiger partial charge < -0.3 is 20.9 Å². The molecule has 1 unspecified atom stereocenters. The molecule has 0 aliphatic heterocycles. The molecule has 0 saturated carbocycles. The Morgan fingerprint density at radius 1 is 1.07 bits per heavy atom. The molecule has 0 radical (unpaired) electrons. The minimum atomic E-state index is -0.989. The van der Waals surface area contributed by atoms with Crippen molar-refractivity contribution in [2.45, 2.75) is 18.4 Å². The minimum absolute atomic E-state index is 0.0463. The van der Waals surface area contributed by atoms with Crippen molar-refractivity contribution in [3.8, 4) is 11.1 Å². The van der Waals surface area contributed by atoms with Crippen LogP contribution >= 0.6 is 11.8 Å². The predicted molar refractivity (Wildman–Crippen MR) is 111 cm³/mol. The molecule has 6 nitrogen and oxygen atoms in total. The summed E-state index contributed by atoms with van der Waals surface area (Å²) in [6.45, 7) is 0.754. The van der Waals surface area contributed by atoms with Crippen molar-refractivity contribution in [1.29, 1.82) is 0 Å². The van der Waals surface area contributed by atoms with Crippen LogP contribution in [-0.4, -0.2) is 47.9 Å². The van der Waals surface area contributed by atoms with Gasteiger partial charge in [0, 0.05) is 18.2 Å². The molecule has 1 aliphatic carbocycles. The van der Waals surface area contributed by atoms with E-state index in [2.05, 4.69) is 29.6 Å². The smallest absolute Gasteiger partial charge is 0.407 e. The second-order valence-electron chi connectivity index (χ2n) is 6.60. The van der Waals surface area contributed by atoms with E-state index in [9.17, 15) is 9.59 Å². The van der Waals surface area contributed by atoms with E-state index in [1.54, 1.807) is 11.8 Å². The quantitative estimate of drug-likeness (QED) is 0.559. The Morgan fingerprint density at radius 2 is 1.68 bits per heavy atom. The maximum Gasteiger partial charge on any atom is 0.407 e. The number of ether oxygens (including phenoxy) is 1. The molecule has 0 aromatic heterocycles. The Hall–Kier alpha value is -2.51. The molecule has 0 heterocycles. The molecule has 0 spiro atoms. The molecule has 148 valence electrons. The highest BCUT2D eigenvalue weighted by atomic mass is 32.2. The summed E-state index contributed by atoms with van der Waals surface area (Å²) >= 11 is 1.55. The Kier molecular flexibility index (Phi) is 6.95. The number of carbonyl (C=O) groups is 2. The maximum absolute atomic E-state index is 12.0. The zero-order valence-corrected chi connectivity index (χ0v) is 16.3. The first-order valence-corrected chi connectivity index (χ1v) is 10.4. The number of aliphatic carboxylic acids is 1. The summed E-state index contributed by atoms with van der Waals surface area (Å²) < 4.78 is 5.46. The summed E-state index contributed by atoms with van der Waals surface area (Å²) in [7, 11) is 0. The molecule has 1 amide bonds. The van der Waals surface area contributed by atoms with Gasteiger partial charge in [-0.1, -0.05) is 48.5 Å². The largest absolute Gasteiger partial charge is 0.480 e. The zero-order chi connectivity index (χ0) is 19.9. The number of alkyl carbamates (subject to hydrolysis) is 1. The van der Waals surface area contributed by atoms with E-state index >= 15 is 0 Å². The molecule has 0 fully saturated rings. The van der Waals surface area contributed by atoms with Gasteiger partial charge in [-0.15, -0.1) is 0 Å². The third kappa shape index (κ3) is 4.85. The summed E-state index contributed by atoms with van der Waals surface area (Å²) in [4.78, 5) is 22.6. The number of hydrogen-bond acceptors (Lipinski definition) is 5. The van der Waals surface area contributed by atoms with E-state index in [1.807, 2.05) is 24.3 Å². The number of nitrogens with one attached hydrogen (secondary N) is 1. The van der Waals surface area contributed by atoms with E-state index in [-0.39, 0.29) is 5.92 Å². The fraction of sp³-hybridized carbons (Fsp3) is 0.333. The van der Waals surface area contributed by atoms with Crippen molar-refractivity contribution in [3.63, 3.8) is 0 Å². The van der Waals surface area contributed by atoms with Crippen molar-refractivity contribution in [1.82, 2.24) is 5.32 Å². The van der Waals surface area contributed by atoms with Crippen LogP contribution in [-0.2, 0) is 9.53 Å². The van der Waals surface area contributed by atoms with Gasteiger partial charge in [-0.2, -0.15) is 11.8 Å². The molecular formula is C21H24N2O4S. The third-order valence-electron chi connectivity index (χ3n) is 4.75. The van der Waals surface area contributed by atoms with Gasteiger partial charge in [0.15, 0.2) is 0 Å². The second-order valence-corrected chi connectivity index (χ2v) is 7.82. The third-order valence-corrected chi connectivity index (χ3v) is 5.77. The SMILES string of the molecule is NC(CCSCCNC(=O)OCC1c2ccccc2-c2ccccc21)C(=O)O. The van der Waals surface area contributed by atoms with Crippen LogP contribution in [0.2, 0.25) is 0 Å². The first-order valence-electron chi connectivity index (χ1n) is 9.23. The molecule has 2 aromatic carbocycles. The van der Waals surface area contributed by atoms with Gasteiger partial charge >= 0.3 is 12.1 Å². The molecule has 4 N–H and O–H groups in total. The van der Waals surface area contributed by atoms with Gasteiger partial charge in [-0.05, 0) is 34.4 Å². The van der Waals surface area contributed by atoms with Crippen LogP contribution in [0, 0.1) is 0 Å². The van der Waals surface area contributed by atoms with Gasteiger partial charge in [-0.25, -0.2) is 4.79 Å². The van der Waals surface area contributed by atoms with E-state index in [4.69, 9.17) is 15.6 Å². The van der Waals surface area contributed by atoms with Crippen LogP contribution in [0.3, 0.4) is 0 Å². The van der Waals surface area contributed by atoms with Gasteiger partial charge in [0.05, 0.1) is 0 Å². The van der Waals surface area contributed by atoms with Gasteiger partial charge in [0.25, 0.3) is 0 Å². The Balaban J connectivity index is 1.42. The lowest BCUT2D eigenvalue weighted by Gasteiger charge is -2.14.